The van der Waals surface area contributed by atoms with Gasteiger partial charge in [0.2, 0.25) is 0 Å². The van der Waals surface area contributed by atoms with Gasteiger partial charge in [0.15, 0.2) is 0 Å². The van der Waals surface area contributed by atoms with Gasteiger partial charge in [0.05, 0.1) is 0 Å². The van der Waals surface area contributed by atoms with Crippen LogP contribution in [0.3, 0.4) is 0 Å². The third kappa shape index (κ3) is 5.35. The molecule has 6 unspecified atom stereocenters. The number of hydrogen-bond donors (Lipinski definition) is 0. The molecule has 2 saturated carbocycles. The maximum atomic E-state index is 8.19. The van der Waals surface area contributed by atoms with Gasteiger partial charge in [-0.25, -0.2) is 0 Å². The summed E-state index contributed by atoms with van der Waals surface area (Å²) in [5, 5.41) is 0. The topological polar surface area (TPSA) is 0 Å². The van der Waals surface area contributed by atoms with Crippen LogP contribution in [0.5, 0.6) is 0 Å². The van der Waals surface area contributed by atoms with Gasteiger partial charge in [-0.1, -0.05) is 0 Å². The Bertz CT molecular complexity index is 1250. The van der Waals surface area contributed by atoms with E-state index in [0.29, 0.717) is 34.5 Å². The molecule has 2 fully saturated rings. The third-order valence-corrected chi connectivity index (χ3v) is 24.6. The second-order valence-electron chi connectivity index (χ2n) is 15.3. The van der Waals surface area contributed by atoms with Crippen LogP contribution in [0.15, 0.2) is 59.7 Å². The van der Waals surface area contributed by atoms with Crippen LogP contribution in [-0.4, -0.2) is 0 Å². The average molecular weight is 669 g/mol. The molecule has 4 aliphatic rings. The molecule has 2 aromatic rings. The van der Waals surface area contributed by atoms with Crippen molar-refractivity contribution in [1.82, 2.24) is 0 Å². The normalized spacial score (nSPS) is 33.5. The standard InChI is InChI=1S/2C19H25.2ClH.Zr/c2*1-14(2)19(3)10-6-9-17(13-19)18-11-15-7-4-5-8-16(15)12-18;;;/h2*4-5,7-8,11-12,14,17H,6,9-10,13H2,1-3H3;2*1H;/q;;;;+2/p-2. The van der Waals surface area contributed by atoms with E-state index in [1.165, 1.54) is 73.6 Å². The Morgan fingerprint density at radius 3 is 1.44 bits per heavy atom. The van der Waals surface area contributed by atoms with E-state index in [1.807, 2.05) is 0 Å². The van der Waals surface area contributed by atoms with E-state index >= 15 is 0 Å². The quantitative estimate of drug-likeness (QED) is 0.287. The molecule has 0 heterocycles. The molecule has 4 aliphatic carbocycles. The van der Waals surface area contributed by atoms with Gasteiger partial charge in [0.25, 0.3) is 0 Å². The Hall–Kier alpha value is -0.617. The second-order valence-corrected chi connectivity index (χ2v) is 30.0. The Morgan fingerprint density at radius 2 is 1.05 bits per heavy atom. The van der Waals surface area contributed by atoms with Crippen molar-refractivity contribution in [2.24, 2.45) is 34.5 Å². The molecule has 6 atom stereocenters. The number of fused-ring (bicyclic) bond motifs is 2. The molecular formula is C38H50Cl2Zr. The molecule has 0 bridgehead atoms. The van der Waals surface area contributed by atoms with Crippen molar-refractivity contribution < 1.29 is 17.9 Å². The van der Waals surface area contributed by atoms with Gasteiger partial charge in [-0.15, -0.1) is 0 Å². The predicted octanol–water partition coefficient (Wildman–Crippen LogP) is 12.4. The fourth-order valence-corrected chi connectivity index (χ4v) is 22.8. The first-order chi connectivity index (χ1) is 19.4. The van der Waals surface area contributed by atoms with Gasteiger partial charge in [0.1, 0.15) is 0 Å². The number of rotatable bonds is 6. The molecule has 0 nitrogen and oxygen atoms in total. The molecule has 0 spiro atoms. The van der Waals surface area contributed by atoms with Crippen molar-refractivity contribution in [3.05, 3.63) is 81.9 Å². The zero-order valence-corrected chi connectivity index (χ0v) is 30.1. The van der Waals surface area contributed by atoms with E-state index in [-0.39, 0.29) is 7.25 Å². The number of halogens is 2. The molecule has 0 saturated heterocycles. The fourth-order valence-electron chi connectivity index (χ4n) is 9.08. The summed E-state index contributed by atoms with van der Waals surface area (Å²) in [6.45, 7) is 14.8. The molecule has 0 radical (unpaired) electrons. The molecule has 3 heteroatoms. The predicted molar refractivity (Wildman–Crippen MR) is 176 cm³/mol. The first-order valence-corrected chi connectivity index (χ1v) is 25.6. The first kappa shape index (κ1) is 30.4. The van der Waals surface area contributed by atoms with Gasteiger partial charge < -0.3 is 0 Å². The molecular weight excluding hydrogens is 619 g/mol. The summed E-state index contributed by atoms with van der Waals surface area (Å²) in [5.74, 6) is 2.52. The van der Waals surface area contributed by atoms with Crippen molar-refractivity contribution in [3.8, 4) is 0 Å². The monoisotopic (exact) mass is 666 g/mol. The molecule has 0 N–H and O–H groups in total. The van der Waals surface area contributed by atoms with Crippen LogP contribution in [0.4, 0.5) is 0 Å². The van der Waals surface area contributed by atoms with Crippen LogP contribution in [0.2, 0.25) is 0 Å². The molecule has 0 aromatic heterocycles. The average Bonchev–Trinajstić information content (AvgIpc) is 3.53. The van der Waals surface area contributed by atoms with Crippen LogP contribution in [0, 0.1) is 34.5 Å². The van der Waals surface area contributed by atoms with Crippen LogP contribution in [0.25, 0.3) is 12.2 Å². The van der Waals surface area contributed by atoms with Gasteiger partial charge >= 0.3 is 264 Å². The minimum absolute atomic E-state index is 0.211. The summed E-state index contributed by atoms with van der Waals surface area (Å²) in [4.78, 5) is 0. The molecule has 41 heavy (non-hydrogen) atoms. The zero-order valence-electron chi connectivity index (χ0n) is 26.2. The van der Waals surface area contributed by atoms with Gasteiger partial charge in [-0.3, -0.25) is 0 Å². The fraction of sp³-hybridized carbons (Fsp3) is 0.579. The van der Waals surface area contributed by atoms with E-state index in [9.17, 15) is 0 Å². The van der Waals surface area contributed by atoms with E-state index in [2.05, 4.69) is 102 Å². The van der Waals surface area contributed by atoms with E-state index in [1.54, 1.807) is 11.1 Å². The SMILES string of the molecule is CC(C)C1(C)CCCC(C2=Cc3ccccc3[CH]2[Zr]([Cl])([Cl])[CH]2C(C3CCCC(C)(C(C)C)C3)=Cc3ccccc32)C1. The summed E-state index contributed by atoms with van der Waals surface area (Å²) in [5.41, 5.74) is 9.50. The summed E-state index contributed by atoms with van der Waals surface area (Å²) in [6.07, 6.45) is 15.4. The van der Waals surface area contributed by atoms with Crippen molar-refractivity contribution in [3.63, 3.8) is 0 Å². The number of hydrogen-bond acceptors (Lipinski definition) is 0. The maximum absolute atomic E-state index is 8.19. The molecule has 0 aliphatic heterocycles. The second kappa shape index (κ2) is 11.4. The summed E-state index contributed by atoms with van der Waals surface area (Å²) in [7, 11) is 16.4. The van der Waals surface area contributed by atoms with E-state index in [4.69, 9.17) is 17.0 Å². The van der Waals surface area contributed by atoms with Crippen molar-refractivity contribution >= 4 is 29.2 Å². The van der Waals surface area contributed by atoms with Gasteiger partial charge in [-0.2, -0.15) is 0 Å². The number of benzene rings is 2. The van der Waals surface area contributed by atoms with Crippen LogP contribution < -0.4 is 0 Å². The first-order valence-electron chi connectivity index (χ1n) is 16.4. The molecule has 0 amide bonds. The zero-order chi connectivity index (χ0) is 29.2. The van der Waals surface area contributed by atoms with Gasteiger partial charge in [0, 0.05) is 0 Å². The Morgan fingerprint density at radius 1 is 0.659 bits per heavy atom. The molecule has 2 aromatic carbocycles. The van der Waals surface area contributed by atoms with E-state index in [0.717, 1.165) is 0 Å². The Balaban J connectivity index is 1.43. The Kier molecular flexibility index (Phi) is 8.45. The van der Waals surface area contributed by atoms with Crippen molar-refractivity contribution in [2.75, 3.05) is 0 Å². The summed E-state index contributed by atoms with van der Waals surface area (Å²) >= 11 is -4.00. The van der Waals surface area contributed by atoms with Crippen LogP contribution in [0.1, 0.15) is 122 Å². The van der Waals surface area contributed by atoms with Crippen LogP contribution >= 0.6 is 17.0 Å². The molecule has 220 valence electrons. The third-order valence-electron chi connectivity index (χ3n) is 12.5. The minimum atomic E-state index is -4.00. The van der Waals surface area contributed by atoms with E-state index < -0.39 is 17.9 Å². The Labute approximate surface area is 261 Å². The van der Waals surface area contributed by atoms with Crippen molar-refractivity contribution in [1.29, 1.82) is 0 Å². The van der Waals surface area contributed by atoms with Crippen LogP contribution in [-0.2, 0) is 17.9 Å². The number of allylic oxidation sites excluding steroid dienone is 2. The summed E-state index contributed by atoms with van der Waals surface area (Å²) in [6, 6.07) is 18.1. The van der Waals surface area contributed by atoms with Gasteiger partial charge in [-0.05, 0) is 0 Å². The summed E-state index contributed by atoms with van der Waals surface area (Å²) < 4.78 is 0.422. The van der Waals surface area contributed by atoms with Crippen molar-refractivity contribution in [2.45, 2.75) is 100 Å². The molecule has 6 rings (SSSR count).